The van der Waals surface area contributed by atoms with Gasteiger partial charge in [-0.25, -0.2) is 4.79 Å². The number of carbonyl (C=O) groups is 2. The Bertz CT molecular complexity index is 298. The van der Waals surface area contributed by atoms with Crippen molar-refractivity contribution >= 4 is 12.0 Å². The van der Waals surface area contributed by atoms with Crippen LogP contribution in [0.1, 0.15) is 13.3 Å². The van der Waals surface area contributed by atoms with Gasteiger partial charge in [-0.1, -0.05) is 0 Å². The van der Waals surface area contributed by atoms with Crippen LogP contribution < -0.4 is 10.6 Å². The minimum absolute atomic E-state index is 0.00993. The Kier molecular flexibility index (Phi) is 5.87. The van der Waals surface area contributed by atoms with Crippen LogP contribution in [-0.4, -0.2) is 67.4 Å². The third-order valence-corrected chi connectivity index (χ3v) is 2.69. The Morgan fingerprint density at radius 1 is 1.56 bits per heavy atom. The summed E-state index contributed by atoms with van der Waals surface area (Å²) >= 11 is 0. The van der Waals surface area contributed by atoms with Gasteiger partial charge in [-0.2, -0.15) is 0 Å². The molecule has 2 atom stereocenters. The quantitative estimate of drug-likeness (QED) is 0.618. The van der Waals surface area contributed by atoms with E-state index >= 15 is 0 Å². The molecule has 2 unspecified atom stereocenters. The van der Waals surface area contributed by atoms with Crippen molar-refractivity contribution in [1.29, 1.82) is 0 Å². The molecule has 0 spiro atoms. The van der Waals surface area contributed by atoms with E-state index in [1.807, 2.05) is 7.05 Å². The number of morpholine rings is 1. The molecule has 18 heavy (non-hydrogen) atoms. The highest BCUT2D eigenvalue weighted by Gasteiger charge is 2.18. The minimum Gasteiger partial charge on any atom is -0.481 e. The first-order chi connectivity index (χ1) is 8.47. The molecule has 0 aliphatic carbocycles. The van der Waals surface area contributed by atoms with Crippen LogP contribution in [0.25, 0.3) is 0 Å². The Labute approximate surface area is 106 Å². The summed E-state index contributed by atoms with van der Waals surface area (Å²) in [6.45, 7) is 4.43. The summed E-state index contributed by atoms with van der Waals surface area (Å²) in [5, 5.41) is 13.8. The highest BCUT2D eigenvalue weighted by Crippen LogP contribution is 2.01. The van der Waals surface area contributed by atoms with Crippen LogP contribution in [-0.2, 0) is 9.53 Å². The monoisotopic (exact) mass is 259 g/mol. The molecular formula is C11H21N3O4. The first-order valence-corrected chi connectivity index (χ1v) is 6.03. The van der Waals surface area contributed by atoms with Gasteiger partial charge in [-0.15, -0.1) is 0 Å². The fraction of sp³-hybridized carbons (Fsp3) is 0.818. The minimum atomic E-state index is -0.931. The second kappa shape index (κ2) is 7.17. The zero-order valence-electron chi connectivity index (χ0n) is 10.8. The maximum atomic E-state index is 11.5. The number of rotatable bonds is 5. The van der Waals surface area contributed by atoms with Crippen LogP contribution in [0.5, 0.6) is 0 Å². The third-order valence-electron chi connectivity index (χ3n) is 2.69. The summed E-state index contributed by atoms with van der Waals surface area (Å²) in [7, 11) is 2.00. The number of urea groups is 1. The third kappa shape index (κ3) is 5.83. The van der Waals surface area contributed by atoms with Gasteiger partial charge < -0.3 is 25.4 Å². The number of nitrogens with one attached hydrogen (secondary N) is 2. The average molecular weight is 259 g/mol. The number of aliphatic carboxylic acids is 1. The van der Waals surface area contributed by atoms with Gasteiger partial charge in [0.15, 0.2) is 0 Å². The molecule has 1 heterocycles. The average Bonchev–Trinajstić information content (AvgIpc) is 2.25. The lowest BCUT2D eigenvalue weighted by Crippen LogP contribution is -2.49. The number of amides is 2. The molecule has 1 aliphatic heterocycles. The number of ether oxygens (including phenoxy) is 1. The van der Waals surface area contributed by atoms with E-state index in [1.54, 1.807) is 6.92 Å². The number of hydrogen-bond donors (Lipinski definition) is 3. The van der Waals surface area contributed by atoms with Crippen LogP contribution in [0.3, 0.4) is 0 Å². The molecule has 0 bridgehead atoms. The fourth-order valence-electron chi connectivity index (χ4n) is 1.78. The summed E-state index contributed by atoms with van der Waals surface area (Å²) < 4.78 is 5.49. The van der Waals surface area contributed by atoms with E-state index in [1.165, 1.54) is 0 Å². The van der Waals surface area contributed by atoms with Gasteiger partial charge >= 0.3 is 12.0 Å². The Morgan fingerprint density at radius 3 is 2.89 bits per heavy atom. The second-order valence-corrected chi connectivity index (χ2v) is 4.61. The number of hydrogen-bond acceptors (Lipinski definition) is 4. The summed E-state index contributed by atoms with van der Waals surface area (Å²) in [5.41, 5.74) is 0. The van der Waals surface area contributed by atoms with Gasteiger partial charge in [-0.05, 0) is 14.0 Å². The molecule has 1 aliphatic rings. The van der Waals surface area contributed by atoms with Crippen LogP contribution in [0.2, 0.25) is 0 Å². The summed E-state index contributed by atoms with van der Waals surface area (Å²) in [6.07, 6.45) is -0.0971. The smallest absolute Gasteiger partial charge is 0.315 e. The summed E-state index contributed by atoms with van der Waals surface area (Å²) in [5.74, 6) is -0.931. The predicted molar refractivity (Wildman–Crippen MR) is 65.5 cm³/mol. The standard InChI is InChI=1S/C11H21N3O4/c1-8(5-10(15)16)13-11(17)12-6-9-7-14(2)3-4-18-9/h8-9H,3-7H2,1-2H3,(H,15,16)(H2,12,13,17). The van der Waals surface area contributed by atoms with Crippen LogP contribution in [0, 0.1) is 0 Å². The first-order valence-electron chi connectivity index (χ1n) is 6.03. The van der Waals surface area contributed by atoms with Crippen LogP contribution in [0.4, 0.5) is 4.79 Å². The van der Waals surface area contributed by atoms with E-state index < -0.39 is 12.0 Å². The molecule has 0 radical (unpaired) electrons. The van der Waals surface area contributed by atoms with E-state index in [0.717, 1.165) is 13.1 Å². The molecule has 0 aromatic rings. The van der Waals surface area contributed by atoms with Gasteiger partial charge in [0.25, 0.3) is 0 Å². The molecule has 7 heteroatoms. The van der Waals surface area contributed by atoms with E-state index in [0.29, 0.717) is 13.2 Å². The zero-order valence-corrected chi connectivity index (χ0v) is 10.8. The van der Waals surface area contributed by atoms with Crippen molar-refractivity contribution in [3.8, 4) is 0 Å². The maximum absolute atomic E-state index is 11.5. The highest BCUT2D eigenvalue weighted by atomic mass is 16.5. The zero-order chi connectivity index (χ0) is 13.5. The SMILES string of the molecule is CC(CC(=O)O)NC(=O)NCC1CN(C)CCO1. The summed E-state index contributed by atoms with van der Waals surface area (Å²) in [6, 6.07) is -0.752. The molecule has 7 nitrogen and oxygen atoms in total. The van der Waals surface area contributed by atoms with Crippen molar-refractivity contribution in [2.75, 3.05) is 33.3 Å². The molecule has 1 fully saturated rings. The molecule has 0 aromatic heterocycles. The van der Waals surface area contributed by atoms with E-state index in [-0.39, 0.29) is 18.6 Å². The van der Waals surface area contributed by atoms with Gasteiger partial charge in [-0.3, -0.25) is 4.79 Å². The van der Waals surface area contributed by atoms with Gasteiger partial charge in [0, 0.05) is 25.7 Å². The van der Waals surface area contributed by atoms with Crippen molar-refractivity contribution in [3.63, 3.8) is 0 Å². The van der Waals surface area contributed by atoms with Crippen molar-refractivity contribution in [2.24, 2.45) is 0 Å². The Hall–Kier alpha value is -1.34. The van der Waals surface area contributed by atoms with Crippen LogP contribution >= 0.6 is 0 Å². The topological polar surface area (TPSA) is 90.9 Å². The van der Waals surface area contributed by atoms with Gasteiger partial charge in [0.1, 0.15) is 0 Å². The molecule has 1 rings (SSSR count). The normalized spacial score (nSPS) is 22.2. The molecular weight excluding hydrogens is 238 g/mol. The molecule has 3 N–H and O–H groups in total. The van der Waals surface area contributed by atoms with Crippen molar-refractivity contribution in [2.45, 2.75) is 25.5 Å². The number of carboxylic acid groups (broad SMARTS) is 1. The van der Waals surface area contributed by atoms with E-state index in [2.05, 4.69) is 15.5 Å². The maximum Gasteiger partial charge on any atom is 0.315 e. The number of nitrogens with zero attached hydrogens (tertiary/aromatic N) is 1. The highest BCUT2D eigenvalue weighted by molar-refractivity contribution is 5.75. The van der Waals surface area contributed by atoms with Crippen molar-refractivity contribution in [1.82, 2.24) is 15.5 Å². The molecule has 0 saturated carbocycles. The number of likely N-dealkylation sites (N-methyl/N-ethyl adjacent to an activating group) is 1. The number of carboxylic acids is 1. The molecule has 104 valence electrons. The summed E-state index contributed by atoms with van der Waals surface area (Å²) in [4.78, 5) is 24.0. The van der Waals surface area contributed by atoms with E-state index in [4.69, 9.17) is 9.84 Å². The molecule has 0 aromatic carbocycles. The fourth-order valence-corrected chi connectivity index (χ4v) is 1.78. The lowest BCUT2D eigenvalue weighted by atomic mass is 10.2. The van der Waals surface area contributed by atoms with Gasteiger partial charge in [0.05, 0.1) is 19.1 Å². The lowest BCUT2D eigenvalue weighted by molar-refractivity contribution is -0.137. The van der Waals surface area contributed by atoms with E-state index in [9.17, 15) is 9.59 Å². The number of carbonyl (C=O) groups excluding carboxylic acids is 1. The van der Waals surface area contributed by atoms with Crippen LogP contribution in [0.15, 0.2) is 0 Å². The van der Waals surface area contributed by atoms with Crippen molar-refractivity contribution in [3.05, 3.63) is 0 Å². The Morgan fingerprint density at radius 2 is 2.28 bits per heavy atom. The van der Waals surface area contributed by atoms with Gasteiger partial charge in [0.2, 0.25) is 0 Å². The lowest BCUT2D eigenvalue weighted by Gasteiger charge is -2.30. The Balaban J connectivity index is 2.18. The molecule has 2 amide bonds. The largest absolute Gasteiger partial charge is 0.481 e. The molecule has 1 saturated heterocycles. The van der Waals surface area contributed by atoms with Crippen molar-refractivity contribution < 1.29 is 19.4 Å². The second-order valence-electron chi connectivity index (χ2n) is 4.61. The predicted octanol–water partition coefficient (Wildman–Crippen LogP) is -0.521. The first kappa shape index (κ1) is 14.7.